The highest BCUT2D eigenvalue weighted by molar-refractivity contribution is 5.83. The molecule has 0 spiro atoms. The van der Waals surface area contributed by atoms with Crippen LogP contribution in [0.5, 0.6) is 11.5 Å². The van der Waals surface area contributed by atoms with E-state index < -0.39 is 17.2 Å². The van der Waals surface area contributed by atoms with Crippen molar-refractivity contribution < 1.29 is 14.3 Å². The first-order chi connectivity index (χ1) is 14.4. The summed E-state index contributed by atoms with van der Waals surface area (Å²) in [5, 5.41) is 3.93. The average Bonchev–Trinajstić information content (AvgIpc) is 3.15. The molecular weight excluding hydrogens is 392 g/mol. The highest BCUT2D eigenvalue weighted by Crippen LogP contribution is 2.27. The first-order valence-electron chi connectivity index (χ1n) is 9.11. The fourth-order valence-electron chi connectivity index (χ4n) is 2.92. The van der Waals surface area contributed by atoms with Gasteiger partial charge in [-0.3, -0.25) is 18.7 Å². The summed E-state index contributed by atoms with van der Waals surface area (Å²) in [6.45, 7) is 2.21. The van der Waals surface area contributed by atoms with Crippen LogP contribution in [-0.4, -0.2) is 44.5 Å². The summed E-state index contributed by atoms with van der Waals surface area (Å²) >= 11 is 0. The molecule has 3 rings (SSSR count). The van der Waals surface area contributed by atoms with E-state index >= 15 is 0 Å². The van der Waals surface area contributed by atoms with Crippen LogP contribution < -0.4 is 26.1 Å². The number of hydrogen-bond acceptors (Lipinski definition) is 7. The van der Waals surface area contributed by atoms with Gasteiger partial charge in [0.2, 0.25) is 0 Å². The van der Waals surface area contributed by atoms with Crippen LogP contribution in [0.4, 0.5) is 0 Å². The van der Waals surface area contributed by atoms with E-state index in [0.29, 0.717) is 23.7 Å². The average molecular weight is 414 g/mol. The second kappa shape index (κ2) is 8.64. The lowest BCUT2D eigenvalue weighted by atomic mass is 10.2. The summed E-state index contributed by atoms with van der Waals surface area (Å²) in [5.74, 6) is 0.710. The van der Waals surface area contributed by atoms with Crippen LogP contribution in [0.1, 0.15) is 12.5 Å². The number of aromatic nitrogens is 4. The number of nitrogens with zero attached hydrogens (tertiary/aromatic N) is 5. The van der Waals surface area contributed by atoms with Crippen molar-refractivity contribution >= 4 is 23.3 Å². The topological polar surface area (TPSA) is 122 Å². The number of nitrogens with one attached hydrogen (secondary N) is 1. The van der Waals surface area contributed by atoms with Crippen LogP contribution >= 0.6 is 0 Å². The maximum atomic E-state index is 12.4. The van der Waals surface area contributed by atoms with Gasteiger partial charge < -0.3 is 14.0 Å². The molecule has 1 aromatic carbocycles. The molecule has 2 heterocycles. The molecule has 0 radical (unpaired) electrons. The number of aryl methyl sites for hydroxylation is 1. The summed E-state index contributed by atoms with van der Waals surface area (Å²) < 4.78 is 14.3. The van der Waals surface area contributed by atoms with E-state index in [1.165, 1.54) is 42.9 Å². The Hall–Kier alpha value is -3.89. The van der Waals surface area contributed by atoms with Crippen molar-refractivity contribution in [1.82, 2.24) is 24.1 Å². The SMILES string of the molecule is CCOc1ccc(/C=N/NC(=O)Cn2cnc3c2c(=O)n(C)c(=O)n3C)cc1OC. The fourth-order valence-corrected chi connectivity index (χ4v) is 2.92. The maximum Gasteiger partial charge on any atom is 0.332 e. The summed E-state index contributed by atoms with van der Waals surface area (Å²) in [7, 11) is 4.42. The monoisotopic (exact) mass is 414 g/mol. The Balaban J connectivity index is 1.74. The Bertz CT molecular complexity index is 1240. The number of hydrazone groups is 1. The number of hydrogen-bond donors (Lipinski definition) is 1. The number of rotatable bonds is 7. The van der Waals surface area contributed by atoms with Gasteiger partial charge in [0.15, 0.2) is 22.7 Å². The van der Waals surface area contributed by atoms with Gasteiger partial charge in [-0.2, -0.15) is 5.10 Å². The Morgan fingerprint density at radius 2 is 2.00 bits per heavy atom. The minimum Gasteiger partial charge on any atom is -0.493 e. The minimum absolute atomic E-state index is 0.162. The van der Waals surface area contributed by atoms with Crippen LogP contribution in [0.2, 0.25) is 0 Å². The lowest BCUT2D eigenvalue weighted by molar-refractivity contribution is -0.121. The predicted octanol–water partition coefficient (Wildman–Crippen LogP) is -0.00870. The molecule has 158 valence electrons. The molecule has 1 N–H and O–H groups in total. The van der Waals surface area contributed by atoms with Gasteiger partial charge in [0, 0.05) is 14.1 Å². The van der Waals surface area contributed by atoms with E-state index in [-0.39, 0.29) is 17.7 Å². The molecule has 3 aromatic rings. The van der Waals surface area contributed by atoms with Crippen molar-refractivity contribution in [2.24, 2.45) is 19.2 Å². The summed E-state index contributed by atoms with van der Waals surface area (Å²) in [6, 6.07) is 5.26. The lowest BCUT2D eigenvalue weighted by Crippen LogP contribution is -2.38. The van der Waals surface area contributed by atoms with Gasteiger partial charge in [-0.15, -0.1) is 0 Å². The first kappa shape index (κ1) is 20.8. The van der Waals surface area contributed by atoms with E-state index in [1.54, 1.807) is 18.2 Å². The van der Waals surface area contributed by atoms with Crippen LogP contribution in [0, 0.1) is 0 Å². The fraction of sp³-hybridized carbons (Fsp3) is 0.316. The molecule has 2 aromatic heterocycles. The molecular formula is C19H22N6O5. The Labute approximate surface area is 171 Å². The summed E-state index contributed by atoms with van der Waals surface area (Å²) in [5.41, 5.74) is 2.46. The summed E-state index contributed by atoms with van der Waals surface area (Å²) in [6.07, 6.45) is 2.80. The largest absolute Gasteiger partial charge is 0.493 e. The Kier molecular flexibility index (Phi) is 6.00. The number of benzene rings is 1. The van der Waals surface area contributed by atoms with Gasteiger partial charge in [0.05, 0.1) is 26.3 Å². The zero-order chi connectivity index (χ0) is 21.8. The highest BCUT2D eigenvalue weighted by atomic mass is 16.5. The molecule has 0 saturated heterocycles. The number of carbonyl (C=O) groups is 1. The number of carbonyl (C=O) groups excluding carboxylic acids is 1. The minimum atomic E-state index is -0.525. The van der Waals surface area contributed by atoms with E-state index in [4.69, 9.17) is 9.47 Å². The van der Waals surface area contributed by atoms with Crippen molar-refractivity contribution in [3.63, 3.8) is 0 Å². The molecule has 0 fully saturated rings. The molecule has 0 bridgehead atoms. The van der Waals surface area contributed by atoms with Crippen LogP contribution in [-0.2, 0) is 25.4 Å². The zero-order valence-electron chi connectivity index (χ0n) is 17.1. The number of amides is 1. The van der Waals surface area contributed by atoms with E-state index in [9.17, 15) is 14.4 Å². The quantitative estimate of drug-likeness (QED) is 0.429. The molecule has 0 aliphatic carbocycles. The zero-order valence-corrected chi connectivity index (χ0v) is 17.1. The molecule has 11 heteroatoms. The standard InChI is InChI=1S/C19H22N6O5/c1-5-30-13-7-6-12(8-14(13)29-4)9-21-22-15(26)10-25-11-20-17-16(25)18(27)24(3)19(28)23(17)2/h6-9,11H,5,10H2,1-4H3,(H,22,26)/b21-9+. The summed E-state index contributed by atoms with van der Waals surface area (Å²) in [4.78, 5) is 40.7. The van der Waals surface area contributed by atoms with E-state index in [0.717, 1.165) is 4.57 Å². The van der Waals surface area contributed by atoms with Gasteiger partial charge in [-0.25, -0.2) is 15.2 Å². The van der Waals surface area contributed by atoms with Gasteiger partial charge in [-0.05, 0) is 30.7 Å². The van der Waals surface area contributed by atoms with E-state index in [2.05, 4.69) is 15.5 Å². The van der Waals surface area contributed by atoms with Crippen molar-refractivity contribution in [3.8, 4) is 11.5 Å². The first-order valence-corrected chi connectivity index (χ1v) is 9.11. The van der Waals surface area contributed by atoms with Gasteiger partial charge >= 0.3 is 5.69 Å². The number of ether oxygens (including phenoxy) is 2. The predicted molar refractivity (Wildman–Crippen MR) is 110 cm³/mol. The molecule has 0 aliphatic heterocycles. The maximum absolute atomic E-state index is 12.4. The normalized spacial score (nSPS) is 11.2. The third kappa shape index (κ3) is 3.95. The molecule has 11 nitrogen and oxygen atoms in total. The van der Waals surface area contributed by atoms with Crippen molar-refractivity contribution in [2.75, 3.05) is 13.7 Å². The Morgan fingerprint density at radius 3 is 2.70 bits per heavy atom. The second-order valence-electron chi connectivity index (χ2n) is 6.39. The molecule has 0 saturated carbocycles. The lowest BCUT2D eigenvalue weighted by Gasteiger charge is -2.09. The van der Waals surface area contributed by atoms with Crippen LogP contribution in [0.3, 0.4) is 0 Å². The molecule has 1 amide bonds. The third-order valence-corrected chi connectivity index (χ3v) is 4.42. The molecule has 30 heavy (non-hydrogen) atoms. The number of fused-ring (bicyclic) bond motifs is 1. The van der Waals surface area contributed by atoms with E-state index in [1.807, 2.05) is 6.92 Å². The van der Waals surface area contributed by atoms with Crippen LogP contribution in [0.25, 0.3) is 11.2 Å². The Morgan fingerprint density at radius 1 is 1.23 bits per heavy atom. The second-order valence-corrected chi connectivity index (χ2v) is 6.39. The number of imidazole rings is 1. The highest BCUT2D eigenvalue weighted by Gasteiger charge is 2.15. The van der Waals surface area contributed by atoms with Crippen molar-refractivity contribution in [3.05, 3.63) is 50.9 Å². The van der Waals surface area contributed by atoms with Gasteiger partial charge in [0.25, 0.3) is 11.5 Å². The molecule has 0 atom stereocenters. The molecule has 0 unspecified atom stereocenters. The molecule has 0 aliphatic rings. The van der Waals surface area contributed by atoms with Crippen molar-refractivity contribution in [2.45, 2.75) is 13.5 Å². The van der Waals surface area contributed by atoms with Crippen molar-refractivity contribution in [1.29, 1.82) is 0 Å². The third-order valence-electron chi connectivity index (χ3n) is 4.42. The number of methoxy groups -OCH3 is 1. The van der Waals surface area contributed by atoms with Crippen LogP contribution in [0.15, 0.2) is 39.2 Å². The van der Waals surface area contributed by atoms with Gasteiger partial charge in [-0.1, -0.05) is 0 Å². The smallest absolute Gasteiger partial charge is 0.332 e. The van der Waals surface area contributed by atoms with Gasteiger partial charge in [0.1, 0.15) is 6.54 Å².